The first-order valence-corrected chi connectivity index (χ1v) is 7.91. The summed E-state index contributed by atoms with van der Waals surface area (Å²) in [6, 6.07) is 14.6. The summed E-state index contributed by atoms with van der Waals surface area (Å²) in [6.07, 6.45) is 0.896. The van der Waals surface area contributed by atoms with E-state index in [1.165, 1.54) is 17.7 Å². The largest absolute Gasteiger partial charge is 0.497 e. The molecule has 0 heterocycles. The maximum Gasteiger partial charge on any atom is 0.193 e. The van der Waals surface area contributed by atoms with Crippen LogP contribution in [0.25, 0.3) is 0 Å². The van der Waals surface area contributed by atoms with Crippen LogP contribution < -0.4 is 10.1 Å². The molecule has 0 spiro atoms. The van der Waals surface area contributed by atoms with E-state index in [4.69, 9.17) is 4.74 Å². The smallest absolute Gasteiger partial charge is 0.193 e. The third kappa shape index (κ3) is 5.26. The summed E-state index contributed by atoms with van der Waals surface area (Å²) in [6.45, 7) is 1.45. The highest BCUT2D eigenvalue weighted by atomic mass is 19.1. The van der Waals surface area contributed by atoms with E-state index in [1.54, 1.807) is 26.3 Å². The maximum atomic E-state index is 13.0. The van der Waals surface area contributed by atoms with Crippen LogP contribution in [-0.2, 0) is 13.0 Å². The Bertz CT molecular complexity index is 653. The van der Waals surface area contributed by atoms with Crippen molar-refractivity contribution in [3.05, 3.63) is 65.5 Å². The third-order valence-corrected chi connectivity index (χ3v) is 3.76. The fraction of sp³-hybridized carbons (Fsp3) is 0.316. The van der Waals surface area contributed by atoms with Crippen molar-refractivity contribution in [1.82, 2.24) is 10.2 Å². The standard InChI is InChI=1S/C19H24FN3O/c1-21-19(23(2)14-16-4-8-17(20)9-5-16)22-13-12-15-6-10-18(24-3)11-7-15/h4-11H,12-14H2,1-3H3,(H,21,22). The molecule has 24 heavy (non-hydrogen) atoms. The minimum absolute atomic E-state index is 0.219. The summed E-state index contributed by atoms with van der Waals surface area (Å²) >= 11 is 0. The molecule has 128 valence electrons. The van der Waals surface area contributed by atoms with Gasteiger partial charge in [0.2, 0.25) is 0 Å². The summed E-state index contributed by atoms with van der Waals surface area (Å²) in [5, 5.41) is 3.35. The normalized spacial score (nSPS) is 11.2. The van der Waals surface area contributed by atoms with Gasteiger partial charge < -0.3 is 15.0 Å². The van der Waals surface area contributed by atoms with Crippen molar-refractivity contribution in [1.29, 1.82) is 0 Å². The van der Waals surface area contributed by atoms with Crippen molar-refractivity contribution in [2.24, 2.45) is 4.99 Å². The van der Waals surface area contributed by atoms with E-state index in [-0.39, 0.29) is 5.82 Å². The number of halogens is 1. The highest BCUT2D eigenvalue weighted by Gasteiger charge is 2.06. The molecular weight excluding hydrogens is 305 g/mol. The Kier molecular flexibility index (Phi) is 6.61. The zero-order chi connectivity index (χ0) is 17.4. The Balaban J connectivity index is 1.83. The number of benzene rings is 2. The van der Waals surface area contributed by atoms with Crippen molar-refractivity contribution < 1.29 is 9.13 Å². The fourth-order valence-electron chi connectivity index (χ4n) is 2.43. The number of rotatable bonds is 6. The average molecular weight is 329 g/mol. The van der Waals surface area contributed by atoms with Gasteiger partial charge in [0, 0.05) is 27.2 Å². The predicted molar refractivity (Wildman–Crippen MR) is 95.9 cm³/mol. The van der Waals surface area contributed by atoms with Crippen LogP contribution >= 0.6 is 0 Å². The monoisotopic (exact) mass is 329 g/mol. The first-order chi connectivity index (χ1) is 11.6. The lowest BCUT2D eigenvalue weighted by molar-refractivity contribution is 0.414. The lowest BCUT2D eigenvalue weighted by Crippen LogP contribution is -2.39. The first kappa shape index (κ1) is 17.8. The Labute approximate surface area is 143 Å². The topological polar surface area (TPSA) is 36.9 Å². The molecule has 0 saturated carbocycles. The van der Waals surface area contributed by atoms with Crippen molar-refractivity contribution >= 4 is 5.96 Å². The molecule has 0 saturated heterocycles. The molecule has 0 aliphatic rings. The van der Waals surface area contributed by atoms with Gasteiger partial charge in [-0.1, -0.05) is 24.3 Å². The first-order valence-electron chi connectivity index (χ1n) is 7.91. The number of nitrogens with one attached hydrogen (secondary N) is 1. The fourth-order valence-corrected chi connectivity index (χ4v) is 2.43. The quantitative estimate of drug-likeness (QED) is 0.654. The van der Waals surface area contributed by atoms with Crippen molar-refractivity contribution in [3.8, 4) is 5.75 Å². The Morgan fingerprint density at radius 2 is 1.71 bits per heavy atom. The van der Waals surface area contributed by atoms with Gasteiger partial charge in [0.15, 0.2) is 5.96 Å². The Morgan fingerprint density at radius 1 is 1.08 bits per heavy atom. The molecular formula is C19H24FN3O. The van der Waals surface area contributed by atoms with Gasteiger partial charge in [-0.05, 0) is 41.8 Å². The zero-order valence-corrected chi connectivity index (χ0v) is 14.4. The number of nitrogens with zero attached hydrogens (tertiary/aromatic N) is 2. The lowest BCUT2D eigenvalue weighted by Gasteiger charge is -2.22. The van der Waals surface area contributed by atoms with E-state index < -0.39 is 0 Å². The molecule has 5 heteroatoms. The number of aliphatic imine (C=N–C) groups is 1. The van der Waals surface area contributed by atoms with E-state index in [2.05, 4.69) is 22.4 Å². The lowest BCUT2D eigenvalue weighted by atomic mass is 10.1. The number of hydrogen-bond donors (Lipinski definition) is 1. The minimum Gasteiger partial charge on any atom is -0.497 e. The molecule has 2 rings (SSSR count). The van der Waals surface area contributed by atoms with E-state index in [9.17, 15) is 4.39 Å². The van der Waals surface area contributed by atoms with Crippen molar-refractivity contribution in [2.75, 3.05) is 27.7 Å². The molecule has 0 radical (unpaired) electrons. The van der Waals surface area contributed by atoms with E-state index >= 15 is 0 Å². The minimum atomic E-state index is -0.219. The highest BCUT2D eigenvalue weighted by Crippen LogP contribution is 2.11. The Hall–Kier alpha value is -2.56. The van der Waals surface area contributed by atoms with Gasteiger partial charge in [-0.3, -0.25) is 4.99 Å². The summed E-state index contributed by atoms with van der Waals surface area (Å²) < 4.78 is 18.1. The van der Waals surface area contributed by atoms with Gasteiger partial charge in [0.25, 0.3) is 0 Å². The third-order valence-electron chi connectivity index (χ3n) is 3.76. The van der Waals surface area contributed by atoms with Gasteiger partial charge >= 0.3 is 0 Å². The van der Waals surface area contributed by atoms with Crippen molar-refractivity contribution in [3.63, 3.8) is 0 Å². The highest BCUT2D eigenvalue weighted by molar-refractivity contribution is 5.79. The predicted octanol–water partition coefficient (Wildman–Crippen LogP) is 3.08. The molecule has 0 atom stereocenters. The molecule has 0 amide bonds. The molecule has 0 aliphatic heterocycles. The van der Waals surface area contributed by atoms with Crippen molar-refractivity contribution in [2.45, 2.75) is 13.0 Å². The average Bonchev–Trinajstić information content (AvgIpc) is 2.61. The van der Waals surface area contributed by atoms with Crippen LogP contribution in [-0.4, -0.2) is 38.6 Å². The van der Waals surface area contributed by atoms with Gasteiger partial charge in [0.05, 0.1) is 7.11 Å². The second-order valence-corrected chi connectivity index (χ2v) is 5.55. The second-order valence-electron chi connectivity index (χ2n) is 5.55. The van der Waals surface area contributed by atoms with Crippen LogP contribution in [0.5, 0.6) is 5.75 Å². The molecule has 0 bridgehead atoms. The molecule has 0 fully saturated rings. The van der Waals surface area contributed by atoms with Crippen LogP contribution in [0.2, 0.25) is 0 Å². The van der Waals surface area contributed by atoms with E-state index in [0.29, 0.717) is 6.54 Å². The molecule has 0 unspecified atom stereocenters. The molecule has 2 aromatic rings. The molecule has 0 aromatic heterocycles. The number of methoxy groups -OCH3 is 1. The van der Waals surface area contributed by atoms with Gasteiger partial charge in [-0.15, -0.1) is 0 Å². The number of ether oxygens (including phenoxy) is 1. The zero-order valence-electron chi connectivity index (χ0n) is 14.4. The summed E-state index contributed by atoms with van der Waals surface area (Å²) in [5.74, 6) is 1.46. The summed E-state index contributed by atoms with van der Waals surface area (Å²) in [7, 11) is 5.39. The molecule has 0 aliphatic carbocycles. The van der Waals surface area contributed by atoms with Crippen LogP contribution in [0.15, 0.2) is 53.5 Å². The molecule has 1 N–H and O–H groups in total. The van der Waals surface area contributed by atoms with E-state index in [1.807, 2.05) is 24.1 Å². The van der Waals surface area contributed by atoms with Crippen LogP contribution in [0.3, 0.4) is 0 Å². The number of guanidine groups is 1. The number of hydrogen-bond acceptors (Lipinski definition) is 2. The van der Waals surface area contributed by atoms with Gasteiger partial charge in [-0.25, -0.2) is 4.39 Å². The second kappa shape index (κ2) is 8.91. The van der Waals surface area contributed by atoms with Gasteiger partial charge in [-0.2, -0.15) is 0 Å². The van der Waals surface area contributed by atoms with Crippen LogP contribution in [0.4, 0.5) is 4.39 Å². The Morgan fingerprint density at radius 3 is 2.29 bits per heavy atom. The maximum absolute atomic E-state index is 13.0. The van der Waals surface area contributed by atoms with Crippen LogP contribution in [0.1, 0.15) is 11.1 Å². The SMILES string of the molecule is CN=C(NCCc1ccc(OC)cc1)N(C)Cc1ccc(F)cc1. The van der Waals surface area contributed by atoms with E-state index in [0.717, 1.165) is 30.2 Å². The molecule has 4 nitrogen and oxygen atoms in total. The summed E-state index contributed by atoms with van der Waals surface area (Å²) in [4.78, 5) is 6.31. The van der Waals surface area contributed by atoms with Gasteiger partial charge in [0.1, 0.15) is 11.6 Å². The molecule has 2 aromatic carbocycles. The summed E-state index contributed by atoms with van der Waals surface area (Å²) in [5.41, 5.74) is 2.27. The van der Waals surface area contributed by atoms with Crippen LogP contribution in [0, 0.1) is 5.82 Å².